The van der Waals surface area contributed by atoms with Crippen molar-refractivity contribution < 1.29 is 4.79 Å². The molecule has 0 unspecified atom stereocenters. The van der Waals surface area contributed by atoms with Gasteiger partial charge in [0.2, 0.25) is 0 Å². The topological polar surface area (TPSA) is 43.1 Å². The van der Waals surface area contributed by atoms with Gasteiger partial charge in [-0.3, -0.25) is 4.79 Å². The van der Waals surface area contributed by atoms with E-state index in [-0.39, 0.29) is 5.78 Å². The van der Waals surface area contributed by atoms with Gasteiger partial charge in [0.25, 0.3) is 0 Å². The second-order valence-corrected chi connectivity index (χ2v) is 5.78. The van der Waals surface area contributed by atoms with Crippen molar-refractivity contribution in [3.8, 4) is 0 Å². The zero-order valence-corrected chi connectivity index (χ0v) is 12.2. The Bertz CT molecular complexity index is 616. The Kier molecular flexibility index (Phi) is 4.75. The van der Waals surface area contributed by atoms with Gasteiger partial charge in [0.15, 0.2) is 5.78 Å². The minimum absolute atomic E-state index is 0.00555. The van der Waals surface area contributed by atoms with E-state index >= 15 is 0 Å². The number of Topliss-reactive ketones (excluding diaryl/α,β-unsaturated/α-hetero) is 1. The van der Waals surface area contributed by atoms with Crippen molar-refractivity contribution in [2.45, 2.75) is 4.90 Å². The standard InChI is InChI=1S/C14H11Cl2NOS/c15-12-5-4-9(6-13(12)16)14(18)8-19-11-3-1-2-10(17)7-11/h1-7H,8,17H2. The smallest absolute Gasteiger partial charge is 0.173 e. The summed E-state index contributed by atoms with van der Waals surface area (Å²) in [6.45, 7) is 0. The van der Waals surface area contributed by atoms with Crippen LogP contribution in [0.2, 0.25) is 10.0 Å². The van der Waals surface area contributed by atoms with Crippen LogP contribution in [0, 0.1) is 0 Å². The van der Waals surface area contributed by atoms with Crippen LogP contribution in [-0.2, 0) is 0 Å². The molecule has 0 fully saturated rings. The number of ketones is 1. The lowest BCUT2D eigenvalue weighted by molar-refractivity contribution is 0.102. The molecule has 0 spiro atoms. The highest BCUT2D eigenvalue weighted by Gasteiger charge is 2.09. The van der Waals surface area contributed by atoms with E-state index in [9.17, 15) is 4.79 Å². The third-order valence-electron chi connectivity index (χ3n) is 2.47. The van der Waals surface area contributed by atoms with Crippen molar-refractivity contribution in [1.82, 2.24) is 0 Å². The molecule has 0 aromatic heterocycles. The summed E-state index contributed by atoms with van der Waals surface area (Å²) in [7, 11) is 0. The molecule has 0 amide bonds. The Morgan fingerprint density at radius 3 is 2.58 bits per heavy atom. The fourth-order valence-electron chi connectivity index (χ4n) is 1.51. The molecule has 2 aromatic rings. The van der Waals surface area contributed by atoms with Crippen LogP contribution in [0.15, 0.2) is 47.4 Å². The lowest BCUT2D eigenvalue weighted by Crippen LogP contribution is -2.02. The minimum atomic E-state index is 0.00555. The molecule has 0 aliphatic rings. The van der Waals surface area contributed by atoms with Crippen LogP contribution >= 0.6 is 35.0 Å². The number of rotatable bonds is 4. The van der Waals surface area contributed by atoms with E-state index < -0.39 is 0 Å². The van der Waals surface area contributed by atoms with Crippen molar-refractivity contribution >= 4 is 46.4 Å². The van der Waals surface area contributed by atoms with Gasteiger partial charge in [-0.05, 0) is 36.4 Å². The van der Waals surface area contributed by atoms with Crippen LogP contribution in [0.5, 0.6) is 0 Å². The summed E-state index contributed by atoms with van der Waals surface area (Å²) < 4.78 is 0. The fraction of sp³-hybridized carbons (Fsp3) is 0.0714. The van der Waals surface area contributed by atoms with E-state index in [1.54, 1.807) is 18.2 Å². The summed E-state index contributed by atoms with van der Waals surface area (Å²) in [5.74, 6) is 0.340. The summed E-state index contributed by atoms with van der Waals surface area (Å²) >= 11 is 13.1. The molecule has 0 atom stereocenters. The van der Waals surface area contributed by atoms with Crippen molar-refractivity contribution in [2.24, 2.45) is 0 Å². The molecular weight excluding hydrogens is 301 g/mol. The molecule has 0 heterocycles. The molecular formula is C14H11Cl2NOS. The summed E-state index contributed by atoms with van der Waals surface area (Å²) in [5, 5.41) is 0.836. The first-order chi connectivity index (χ1) is 9.06. The van der Waals surface area contributed by atoms with Gasteiger partial charge in [-0.25, -0.2) is 0 Å². The van der Waals surface area contributed by atoms with E-state index in [0.717, 1.165) is 4.90 Å². The number of carbonyl (C=O) groups is 1. The highest BCUT2D eigenvalue weighted by molar-refractivity contribution is 8.00. The molecule has 98 valence electrons. The molecule has 2 aromatic carbocycles. The zero-order chi connectivity index (χ0) is 13.8. The number of halogens is 2. The summed E-state index contributed by atoms with van der Waals surface area (Å²) in [6.07, 6.45) is 0. The van der Waals surface area contributed by atoms with Crippen LogP contribution in [0.25, 0.3) is 0 Å². The summed E-state index contributed by atoms with van der Waals surface area (Å²) in [4.78, 5) is 13.0. The van der Waals surface area contributed by atoms with Crippen molar-refractivity contribution in [3.05, 3.63) is 58.1 Å². The Morgan fingerprint density at radius 1 is 1.11 bits per heavy atom. The second-order valence-electron chi connectivity index (χ2n) is 3.91. The van der Waals surface area contributed by atoms with Crippen molar-refractivity contribution in [1.29, 1.82) is 0 Å². The van der Waals surface area contributed by atoms with Gasteiger partial charge in [-0.1, -0.05) is 29.3 Å². The SMILES string of the molecule is Nc1cccc(SCC(=O)c2ccc(Cl)c(Cl)c2)c1. The van der Waals surface area contributed by atoms with Crippen molar-refractivity contribution in [3.63, 3.8) is 0 Å². The number of nitrogen functional groups attached to an aromatic ring is 1. The van der Waals surface area contributed by atoms with Gasteiger partial charge in [0.1, 0.15) is 0 Å². The van der Waals surface area contributed by atoms with Crippen molar-refractivity contribution in [2.75, 3.05) is 11.5 Å². The predicted octanol–water partition coefficient (Wildman–Crippen LogP) is 4.55. The number of nitrogens with two attached hydrogens (primary N) is 1. The molecule has 5 heteroatoms. The van der Waals surface area contributed by atoms with Crippen LogP contribution in [-0.4, -0.2) is 11.5 Å². The van der Waals surface area contributed by atoms with Gasteiger partial charge in [0, 0.05) is 16.1 Å². The Hall–Kier alpha value is -1.16. The Balaban J connectivity index is 2.03. The highest BCUT2D eigenvalue weighted by atomic mass is 35.5. The molecule has 0 radical (unpaired) electrons. The number of benzene rings is 2. The van der Waals surface area contributed by atoms with E-state index in [1.807, 2.05) is 24.3 Å². The first-order valence-electron chi connectivity index (χ1n) is 5.53. The van der Waals surface area contributed by atoms with Crippen LogP contribution in [0.4, 0.5) is 5.69 Å². The zero-order valence-electron chi connectivity index (χ0n) is 9.90. The largest absolute Gasteiger partial charge is 0.399 e. The Morgan fingerprint density at radius 2 is 1.89 bits per heavy atom. The summed E-state index contributed by atoms with van der Waals surface area (Å²) in [6, 6.07) is 12.3. The number of hydrogen-bond acceptors (Lipinski definition) is 3. The summed E-state index contributed by atoms with van der Waals surface area (Å²) in [5.41, 5.74) is 6.93. The Labute approximate surface area is 125 Å². The van der Waals surface area contributed by atoms with Gasteiger partial charge >= 0.3 is 0 Å². The highest BCUT2D eigenvalue weighted by Crippen LogP contribution is 2.25. The van der Waals surface area contributed by atoms with Gasteiger partial charge in [-0.2, -0.15) is 0 Å². The molecule has 0 bridgehead atoms. The van der Waals surface area contributed by atoms with E-state index in [2.05, 4.69) is 0 Å². The van der Waals surface area contributed by atoms with Crippen LogP contribution < -0.4 is 5.73 Å². The minimum Gasteiger partial charge on any atom is -0.399 e. The normalized spacial score (nSPS) is 10.4. The maximum absolute atomic E-state index is 12.0. The number of anilines is 1. The van der Waals surface area contributed by atoms with Crippen LogP contribution in [0.3, 0.4) is 0 Å². The third-order valence-corrected chi connectivity index (χ3v) is 4.20. The molecule has 19 heavy (non-hydrogen) atoms. The molecule has 2 rings (SSSR count). The maximum atomic E-state index is 12.0. The molecule has 2 nitrogen and oxygen atoms in total. The lowest BCUT2D eigenvalue weighted by Gasteiger charge is -2.04. The van der Waals surface area contributed by atoms with Gasteiger partial charge in [0.05, 0.1) is 15.8 Å². The van der Waals surface area contributed by atoms with E-state index in [0.29, 0.717) is 27.0 Å². The second kappa shape index (κ2) is 6.33. The van der Waals surface area contributed by atoms with Gasteiger partial charge < -0.3 is 5.73 Å². The van der Waals surface area contributed by atoms with E-state index in [1.165, 1.54) is 11.8 Å². The molecule has 0 saturated carbocycles. The average Bonchev–Trinajstić information content (AvgIpc) is 2.39. The molecule has 0 aliphatic carbocycles. The number of hydrogen-bond donors (Lipinski definition) is 1. The van der Waals surface area contributed by atoms with Gasteiger partial charge in [-0.15, -0.1) is 11.8 Å². The number of thioether (sulfide) groups is 1. The quantitative estimate of drug-likeness (QED) is 0.511. The third kappa shape index (κ3) is 3.90. The molecule has 0 saturated heterocycles. The molecule has 2 N–H and O–H groups in total. The van der Waals surface area contributed by atoms with Crippen LogP contribution in [0.1, 0.15) is 10.4 Å². The first kappa shape index (κ1) is 14.3. The molecule has 0 aliphatic heterocycles. The van der Waals surface area contributed by atoms with E-state index in [4.69, 9.17) is 28.9 Å². The monoisotopic (exact) mass is 311 g/mol. The predicted molar refractivity (Wildman–Crippen MR) is 82.4 cm³/mol. The number of carbonyl (C=O) groups excluding carboxylic acids is 1. The fourth-order valence-corrected chi connectivity index (χ4v) is 2.66. The maximum Gasteiger partial charge on any atom is 0.173 e. The first-order valence-corrected chi connectivity index (χ1v) is 7.27. The lowest BCUT2D eigenvalue weighted by atomic mass is 10.1. The average molecular weight is 312 g/mol.